The van der Waals surface area contributed by atoms with Gasteiger partial charge in [0.1, 0.15) is 0 Å². The van der Waals surface area contributed by atoms with E-state index < -0.39 is 0 Å². The molecule has 0 bridgehead atoms. The predicted octanol–water partition coefficient (Wildman–Crippen LogP) is 2.08. The van der Waals surface area contributed by atoms with Crippen LogP contribution in [-0.2, 0) is 6.54 Å². The van der Waals surface area contributed by atoms with Crippen LogP contribution in [0.2, 0.25) is 0 Å². The zero-order chi connectivity index (χ0) is 18.8. The van der Waals surface area contributed by atoms with Crippen LogP contribution >= 0.6 is 11.8 Å². The maximum Gasteiger partial charge on any atom is 0.272 e. The van der Waals surface area contributed by atoms with Crippen LogP contribution < -0.4 is 11.1 Å². The van der Waals surface area contributed by atoms with Crippen LogP contribution in [0.15, 0.2) is 44.4 Å². The molecule has 0 amide bonds. The second kappa shape index (κ2) is 7.28. The fourth-order valence-electron chi connectivity index (χ4n) is 2.65. The summed E-state index contributed by atoms with van der Waals surface area (Å²) in [7, 11) is 0. The Hall–Kier alpha value is -2.68. The van der Waals surface area contributed by atoms with Gasteiger partial charge in [-0.25, -0.2) is 24.0 Å². The quantitative estimate of drug-likeness (QED) is 0.457. The van der Waals surface area contributed by atoms with Crippen molar-refractivity contribution in [2.24, 2.45) is 9.98 Å². The first-order chi connectivity index (χ1) is 12.5. The topological polar surface area (TPSA) is 86.5 Å². The highest BCUT2D eigenvalue weighted by Gasteiger charge is 2.27. The van der Waals surface area contributed by atoms with Crippen molar-refractivity contribution >= 4 is 29.5 Å². The van der Waals surface area contributed by atoms with Gasteiger partial charge in [-0.15, -0.1) is 11.7 Å². The largest absolute Gasteiger partial charge is 0.272 e. The summed E-state index contributed by atoms with van der Waals surface area (Å²) in [5.74, 6) is 0.869. The summed E-state index contributed by atoms with van der Waals surface area (Å²) in [6.07, 6.45) is 5.33. The van der Waals surface area contributed by atoms with Gasteiger partial charge in [0, 0.05) is 6.07 Å². The first-order valence-electron chi connectivity index (χ1n) is 8.14. The summed E-state index contributed by atoms with van der Waals surface area (Å²) in [6.45, 7) is 9.22. The van der Waals surface area contributed by atoms with E-state index in [1.54, 1.807) is 23.7 Å². The van der Waals surface area contributed by atoms with Gasteiger partial charge in [-0.05, 0) is 38.8 Å². The van der Waals surface area contributed by atoms with Gasteiger partial charge in [0.25, 0.3) is 11.1 Å². The highest BCUT2D eigenvalue weighted by atomic mass is 32.2. The second-order valence-electron chi connectivity index (χ2n) is 5.90. The van der Waals surface area contributed by atoms with E-state index in [1.165, 1.54) is 27.2 Å². The average molecular weight is 372 g/mol. The fraction of sp³-hybridized carbons (Fsp3) is 0.353. The molecule has 2 aromatic heterocycles. The fourth-order valence-corrected chi connectivity index (χ4v) is 2.96. The Morgan fingerprint density at radius 3 is 2.73 bits per heavy atom. The van der Waals surface area contributed by atoms with E-state index in [1.807, 2.05) is 6.26 Å². The van der Waals surface area contributed by atoms with Gasteiger partial charge in [0.2, 0.25) is 0 Å². The summed E-state index contributed by atoms with van der Waals surface area (Å²) in [5.41, 5.74) is 0.118. The SMILES string of the molecule is C=CCn1c(=O)c(C)c(/N=C(\N=C)SC)n1-c1ccc(=O)n(C2CC2)n1. The highest BCUT2D eigenvalue weighted by Crippen LogP contribution is 2.33. The van der Waals surface area contributed by atoms with E-state index >= 15 is 0 Å². The van der Waals surface area contributed by atoms with Crippen LogP contribution in [0.25, 0.3) is 5.82 Å². The van der Waals surface area contributed by atoms with Crippen LogP contribution in [0, 0.1) is 6.92 Å². The zero-order valence-electron chi connectivity index (χ0n) is 14.8. The number of allylic oxidation sites excluding steroid dienone is 1. The lowest BCUT2D eigenvalue weighted by Gasteiger charge is -2.13. The lowest BCUT2D eigenvalue weighted by Crippen LogP contribution is -2.26. The maximum absolute atomic E-state index is 12.7. The molecule has 0 spiro atoms. The zero-order valence-corrected chi connectivity index (χ0v) is 15.6. The molecular weight excluding hydrogens is 352 g/mol. The summed E-state index contributed by atoms with van der Waals surface area (Å²) in [6, 6.07) is 3.19. The lowest BCUT2D eigenvalue weighted by atomic mass is 10.3. The molecule has 1 saturated carbocycles. The van der Waals surface area contributed by atoms with Crippen molar-refractivity contribution in [3.8, 4) is 5.82 Å². The number of hydrogen-bond acceptors (Lipinski definition) is 5. The number of hydrogen-bond donors (Lipinski definition) is 0. The van der Waals surface area contributed by atoms with E-state index in [9.17, 15) is 9.59 Å². The first-order valence-corrected chi connectivity index (χ1v) is 9.37. The summed E-state index contributed by atoms with van der Waals surface area (Å²) < 4.78 is 4.58. The van der Waals surface area contributed by atoms with E-state index in [0.717, 1.165) is 12.8 Å². The van der Waals surface area contributed by atoms with E-state index in [-0.39, 0.29) is 23.7 Å². The van der Waals surface area contributed by atoms with Gasteiger partial charge in [0.15, 0.2) is 16.8 Å². The van der Waals surface area contributed by atoms with Crippen LogP contribution in [0.3, 0.4) is 0 Å². The molecule has 8 nitrogen and oxygen atoms in total. The Balaban J connectivity index is 2.29. The minimum atomic E-state index is -0.195. The van der Waals surface area contributed by atoms with Gasteiger partial charge in [-0.3, -0.25) is 9.59 Å². The Morgan fingerprint density at radius 2 is 2.15 bits per heavy atom. The molecule has 0 unspecified atom stereocenters. The van der Waals surface area contributed by atoms with Crippen LogP contribution in [0.5, 0.6) is 0 Å². The molecule has 1 fully saturated rings. The molecule has 2 heterocycles. The van der Waals surface area contributed by atoms with Crippen LogP contribution in [0.4, 0.5) is 5.82 Å². The minimum absolute atomic E-state index is 0.127. The van der Waals surface area contributed by atoms with E-state index in [4.69, 9.17) is 0 Å². The van der Waals surface area contributed by atoms with Crippen molar-refractivity contribution in [1.82, 2.24) is 19.1 Å². The van der Waals surface area contributed by atoms with Crippen molar-refractivity contribution < 1.29 is 0 Å². The Morgan fingerprint density at radius 1 is 1.42 bits per heavy atom. The third-order valence-corrected chi connectivity index (χ3v) is 4.66. The van der Waals surface area contributed by atoms with Gasteiger partial charge in [-0.2, -0.15) is 0 Å². The summed E-state index contributed by atoms with van der Waals surface area (Å²) >= 11 is 1.33. The average Bonchev–Trinajstić information content (AvgIpc) is 3.45. The standard InChI is InChI=1S/C17H20N6O2S/c1-5-10-21-16(25)11(2)15(19-17(18-3)26-4)23(21)13-8-9-14(24)22(20-13)12-6-7-12/h5,8-9,12H,1,3,6-7,10H2,2,4H3/b19-17+. The summed E-state index contributed by atoms with van der Waals surface area (Å²) in [5, 5.41) is 4.91. The van der Waals surface area contributed by atoms with Crippen LogP contribution in [-0.4, -0.2) is 37.3 Å². The Kier molecular flexibility index (Phi) is 5.08. The molecule has 3 rings (SSSR count). The minimum Gasteiger partial charge on any atom is -0.268 e. The molecule has 0 aliphatic heterocycles. The van der Waals surface area contributed by atoms with Gasteiger partial charge >= 0.3 is 0 Å². The van der Waals surface area contributed by atoms with Gasteiger partial charge < -0.3 is 0 Å². The number of thioether (sulfide) groups is 1. The van der Waals surface area contributed by atoms with Crippen molar-refractivity contribution in [3.05, 3.63) is 51.1 Å². The Bertz CT molecular complexity index is 1010. The van der Waals surface area contributed by atoms with E-state index in [0.29, 0.717) is 22.4 Å². The van der Waals surface area contributed by atoms with Crippen molar-refractivity contribution in [2.45, 2.75) is 32.4 Å². The second-order valence-corrected chi connectivity index (χ2v) is 6.67. The molecule has 26 heavy (non-hydrogen) atoms. The molecule has 136 valence electrons. The highest BCUT2D eigenvalue weighted by molar-refractivity contribution is 8.13. The molecule has 1 aliphatic rings. The third kappa shape index (κ3) is 3.22. The molecule has 9 heteroatoms. The first kappa shape index (κ1) is 18.1. The number of aliphatic imine (C=N–C) groups is 2. The molecule has 0 radical (unpaired) electrons. The third-order valence-electron chi connectivity index (χ3n) is 4.07. The molecule has 1 aliphatic carbocycles. The monoisotopic (exact) mass is 372 g/mol. The molecule has 2 aromatic rings. The molecule has 0 saturated heterocycles. The molecular formula is C17H20N6O2S. The Labute approximate surface area is 154 Å². The van der Waals surface area contributed by atoms with Crippen molar-refractivity contribution in [2.75, 3.05) is 6.26 Å². The lowest BCUT2D eigenvalue weighted by molar-refractivity contribution is 0.543. The molecule has 0 atom stereocenters. The number of aromatic nitrogens is 4. The molecule has 0 aromatic carbocycles. The van der Waals surface area contributed by atoms with E-state index in [2.05, 4.69) is 28.4 Å². The van der Waals surface area contributed by atoms with Crippen LogP contribution in [0.1, 0.15) is 24.4 Å². The smallest absolute Gasteiger partial charge is 0.268 e. The van der Waals surface area contributed by atoms with Crippen molar-refractivity contribution in [3.63, 3.8) is 0 Å². The number of nitrogens with zero attached hydrogens (tertiary/aromatic N) is 6. The predicted molar refractivity (Wildman–Crippen MR) is 105 cm³/mol. The van der Waals surface area contributed by atoms with Crippen molar-refractivity contribution in [1.29, 1.82) is 0 Å². The normalized spacial score (nSPS) is 14.5. The van der Waals surface area contributed by atoms with Gasteiger partial charge in [0.05, 0.1) is 18.2 Å². The molecule has 0 N–H and O–H groups in total. The number of amidine groups is 1. The van der Waals surface area contributed by atoms with Gasteiger partial charge in [-0.1, -0.05) is 17.8 Å². The maximum atomic E-state index is 12.7. The number of rotatable bonds is 5. The summed E-state index contributed by atoms with van der Waals surface area (Å²) in [4.78, 5) is 33.1.